The first-order valence-corrected chi connectivity index (χ1v) is 8.32. The molecular weight excluding hydrogens is 314 g/mol. The molecule has 2 aromatic carbocycles. The van der Waals surface area contributed by atoms with Crippen LogP contribution in [0, 0.1) is 0 Å². The van der Waals surface area contributed by atoms with Crippen molar-refractivity contribution < 1.29 is 14.2 Å². The van der Waals surface area contributed by atoms with Gasteiger partial charge in [0.25, 0.3) is 0 Å². The van der Waals surface area contributed by atoms with Gasteiger partial charge in [0.2, 0.25) is 5.79 Å². The lowest BCUT2D eigenvalue weighted by atomic mass is 10.0. The molecule has 4 nitrogen and oxygen atoms in total. The van der Waals surface area contributed by atoms with Gasteiger partial charge in [0.05, 0.1) is 19.4 Å². The quantitative estimate of drug-likeness (QED) is 0.707. The molecule has 4 rings (SSSR count). The molecule has 2 heterocycles. The van der Waals surface area contributed by atoms with Gasteiger partial charge in [0.15, 0.2) is 0 Å². The SMILES string of the molecule is c1ccc(-c2ccc(C3(COc4cccnc4)OCCO3)cc2)cc1. The fourth-order valence-electron chi connectivity index (χ4n) is 2.95. The molecule has 1 fully saturated rings. The van der Waals surface area contributed by atoms with Crippen molar-refractivity contribution in [2.24, 2.45) is 0 Å². The second-order valence-corrected chi connectivity index (χ2v) is 5.87. The first-order chi connectivity index (χ1) is 12.4. The van der Waals surface area contributed by atoms with Crippen molar-refractivity contribution in [3.8, 4) is 16.9 Å². The normalized spacial score (nSPS) is 15.8. The second kappa shape index (κ2) is 7.05. The van der Waals surface area contributed by atoms with Crippen LogP contribution in [-0.4, -0.2) is 24.8 Å². The van der Waals surface area contributed by atoms with Crippen LogP contribution in [-0.2, 0) is 15.3 Å². The van der Waals surface area contributed by atoms with Crippen molar-refractivity contribution in [3.63, 3.8) is 0 Å². The Morgan fingerprint density at radius 2 is 1.56 bits per heavy atom. The third-order valence-electron chi connectivity index (χ3n) is 4.25. The highest BCUT2D eigenvalue weighted by Crippen LogP contribution is 2.33. The van der Waals surface area contributed by atoms with Crippen LogP contribution in [0.1, 0.15) is 5.56 Å². The Hall–Kier alpha value is -2.69. The minimum Gasteiger partial charge on any atom is -0.486 e. The zero-order valence-electron chi connectivity index (χ0n) is 13.8. The minimum atomic E-state index is -0.870. The van der Waals surface area contributed by atoms with Crippen LogP contribution in [0.2, 0.25) is 0 Å². The van der Waals surface area contributed by atoms with E-state index in [-0.39, 0.29) is 6.61 Å². The highest BCUT2D eigenvalue weighted by Gasteiger charge is 2.39. The summed E-state index contributed by atoms with van der Waals surface area (Å²) in [4.78, 5) is 4.06. The first-order valence-electron chi connectivity index (χ1n) is 8.32. The van der Waals surface area contributed by atoms with E-state index < -0.39 is 5.79 Å². The summed E-state index contributed by atoms with van der Waals surface area (Å²) in [6.45, 7) is 1.39. The van der Waals surface area contributed by atoms with E-state index in [1.54, 1.807) is 12.4 Å². The van der Waals surface area contributed by atoms with Crippen molar-refractivity contribution in [2.75, 3.05) is 19.8 Å². The molecule has 0 radical (unpaired) electrons. The number of hydrogen-bond donors (Lipinski definition) is 0. The summed E-state index contributed by atoms with van der Waals surface area (Å²) in [5.41, 5.74) is 3.29. The van der Waals surface area contributed by atoms with Gasteiger partial charge < -0.3 is 14.2 Å². The van der Waals surface area contributed by atoms with Crippen LogP contribution in [0.3, 0.4) is 0 Å². The van der Waals surface area contributed by atoms with Crippen LogP contribution in [0.5, 0.6) is 5.75 Å². The summed E-state index contributed by atoms with van der Waals surface area (Å²) in [5, 5.41) is 0. The molecule has 0 N–H and O–H groups in total. The Morgan fingerprint density at radius 3 is 2.24 bits per heavy atom. The van der Waals surface area contributed by atoms with Crippen LogP contribution >= 0.6 is 0 Å². The van der Waals surface area contributed by atoms with E-state index in [0.717, 1.165) is 11.1 Å². The maximum atomic E-state index is 5.93. The van der Waals surface area contributed by atoms with Gasteiger partial charge in [0.1, 0.15) is 12.4 Å². The summed E-state index contributed by atoms with van der Waals surface area (Å²) in [6.07, 6.45) is 3.40. The number of hydrogen-bond acceptors (Lipinski definition) is 4. The predicted molar refractivity (Wildman–Crippen MR) is 95.2 cm³/mol. The molecule has 126 valence electrons. The van der Waals surface area contributed by atoms with E-state index in [4.69, 9.17) is 14.2 Å². The number of pyridine rings is 1. The molecule has 4 heteroatoms. The fraction of sp³-hybridized carbons (Fsp3) is 0.190. The topological polar surface area (TPSA) is 40.6 Å². The Morgan fingerprint density at radius 1 is 0.840 bits per heavy atom. The Balaban J connectivity index is 1.56. The predicted octanol–water partition coefficient (Wildman–Crippen LogP) is 4.03. The molecule has 0 amide bonds. The van der Waals surface area contributed by atoms with Gasteiger partial charge in [-0.25, -0.2) is 0 Å². The molecule has 0 unspecified atom stereocenters. The second-order valence-electron chi connectivity index (χ2n) is 5.87. The summed E-state index contributed by atoms with van der Waals surface area (Å²) < 4.78 is 17.7. The van der Waals surface area contributed by atoms with Gasteiger partial charge >= 0.3 is 0 Å². The van der Waals surface area contributed by atoms with E-state index in [2.05, 4.69) is 29.2 Å². The molecule has 1 aliphatic rings. The average molecular weight is 333 g/mol. The monoisotopic (exact) mass is 333 g/mol. The lowest BCUT2D eigenvalue weighted by molar-refractivity contribution is -0.185. The zero-order valence-corrected chi connectivity index (χ0v) is 13.8. The zero-order chi connectivity index (χ0) is 17.0. The number of rotatable bonds is 5. The van der Waals surface area contributed by atoms with Gasteiger partial charge in [-0.05, 0) is 23.3 Å². The fourth-order valence-corrected chi connectivity index (χ4v) is 2.95. The van der Waals surface area contributed by atoms with Crippen molar-refractivity contribution >= 4 is 0 Å². The largest absolute Gasteiger partial charge is 0.486 e. The summed E-state index contributed by atoms with van der Waals surface area (Å²) in [5.74, 6) is -0.174. The van der Waals surface area contributed by atoms with Crippen LogP contribution in [0.4, 0.5) is 0 Å². The van der Waals surface area contributed by atoms with E-state index in [1.165, 1.54) is 5.56 Å². The Labute approximate surface area is 147 Å². The number of nitrogens with zero attached hydrogens (tertiary/aromatic N) is 1. The third-order valence-corrected chi connectivity index (χ3v) is 4.25. The van der Waals surface area contributed by atoms with Crippen molar-refractivity contribution in [2.45, 2.75) is 5.79 Å². The summed E-state index contributed by atoms with van der Waals surface area (Å²) in [7, 11) is 0. The van der Waals surface area contributed by atoms with Crippen LogP contribution in [0.25, 0.3) is 11.1 Å². The Kier molecular flexibility index (Phi) is 4.46. The molecule has 0 spiro atoms. The highest BCUT2D eigenvalue weighted by atomic mass is 16.8. The highest BCUT2D eigenvalue weighted by molar-refractivity contribution is 5.63. The number of aromatic nitrogens is 1. The Bertz CT molecular complexity index is 798. The third kappa shape index (κ3) is 3.40. The minimum absolute atomic E-state index is 0.281. The molecule has 0 aliphatic carbocycles. The molecule has 1 aliphatic heterocycles. The lowest BCUT2D eigenvalue weighted by Crippen LogP contribution is -2.34. The number of ether oxygens (including phenoxy) is 3. The van der Waals surface area contributed by atoms with Gasteiger partial charge in [-0.15, -0.1) is 0 Å². The van der Waals surface area contributed by atoms with Crippen molar-refractivity contribution in [3.05, 3.63) is 84.7 Å². The van der Waals surface area contributed by atoms with Gasteiger partial charge in [-0.2, -0.15) is 0 Å². The first kappa shape index (κ1) is 15.8. The maximum Gasteiger partial charge on any atom is 0.230 e. The standard InChI is InChI=1S/C21H19NO3/c1-2-5-17(6-3-1)18-8-10-19(11-9-18)21(24-13-14-25-21)16-23-20-7-4-12-22-15-20/h1-12,15H,13-14,16H2. The van der Waals surface area contributed by atoms with Crippen molar-refractivity contribution in [1.29, 1.82) is 0 Å². The molecule has 25 heavy (non-hydrogen) atoms. The molecule has 1 aromatic heterocycles. The molecule has 1 saturated heterocycles. The van der Waals surface area contributed by atoms with E-state index in [0.29, 0.717) is 19.0 Å². The lowest BCUT2D eigenvalue weighted by Gasteiger charge is -2.27. The maximum absolute atomic E-state index is 5.93. The summed E-state index contributed by atoms with van der Waals surface area (Å²) in [6, 6.07) is 22.2. The van der Waals surface area contributed by atoms with Crippen LogP contribution in [0.15, 0.2) is 79.1 Å². The van der Waals surface area contributed by atoms with Crippen LogP contribution < -0.4 is 4.74 Å². The number of benzene rings is 2. The van der Waals surface area contributed by atoms with E-state index >= 15 is 0 Å². The van der Waals surface area contributed by atoms with Gasteiger partial charge in [-0.1, -0.05) is 54.6 Å². The molecule has 0 bridgehead atoms. The molecular formula is C21H19NO3. The smallest absolute Gasteiger partial charge is 0.230 e. The molecule has 3 aromatic rings. The van der Waals surface area contributed by atoms with Gasteiger partial charge in [0, 0.05) is 11.8 Å². The van der Waals surface area contributed by atoms with E-state index in [1.807, 2.05) is 42.5 Å². The average Bonchev–Trinajstić information content (AvgIpc) is 3.18. The van der Waals surface area contributed by atoms with E-state index in [9.17, 15) is 0 Å². The van der Waals surface area contributed by atoms with Crippen molar-refractivity contribution in [1.82, 2.24) is 4.98 Å². The summed E-state index contributed by atoms with van der Waals surface area (Å²) >= 11 is 0. The molecule has 0 saturated carbocycles. The van der Waals surface area contributed by atoms with Gasteiger partial charge in [-0.3, -0.25) is 4.98 Å². The molecule has 0 atom stereocenters.